The quantitative estimate of drug-likeness (QED) is 0.866. The van der Waals surface area contributed by atoms with Crippen LogP contribution in [0.1, 0.15) is 64.7 Å². The largest absolute Gasteiger partial charge is 0.342 e. The molecule has 3 nitrogen and oxygen atoms in total. The molecule has 3 rings (SSSR count). The van der Waals surface area contributed by atoms with E-state index >= 15 is 0 Å². The summed E-state index contributed by atoms with van der Waals surface area (Å²) in [4.78, 5) is 15.5. The van der Waals surface area contributed by atoms with Gasteiger partial charge in [0.15, 0.2) is 0 Å². The molecule has 120 valence electrons. The van der Waals surface area contributed by atoms with Crippen LogP contribution < -0.4 is 5.32 Å². The Labute approximate surface area is 129 Å². The highest BCUT2D eigenvalue weighted by molar-refractivity contribution is 5.83. The van der Waals surface area contributed by atoms with E-state index < -0.39 is 0 Å². The van der Waals surface area contributed by atoms with Gasteiger partial charge in [-0.05, 0) is 57.0 Å². The molecule has 2 saturated heterocycles. The SMILES string of the molecule is CCCC1(C(=O)N2CCC3CCCCC3C2)CCNCC1. The number of likely N-dealkylation sites (tertiary alicyclic amines) is 1. The maximum atomic E-state index is 13.2. The van der Waals surface area contributed by atoms with Crippen molar-refractivity contribution in [3.63, 3.8) is 0 Å². The zero-order valence-corrected chi connectivity index (χ0v) is 13.7. The van der Waals surface area contributed by atoms with E-state index in [9.17, 15) is 4.79 Å². The number of nitrogens with one attached hydrogen (secondary N) is 1. The Kier molecular flexibility index (Phi) is 4.88. The molecule has 0 radical (unpaired) electrons. The Bertz CT molecular complexity index is 357. The molecule has 1 N–H and O–H groups in total. The average Bonchev–Trinajstić information content (AvgIpc) is 2.55. The highest BCUT2D eigenvalue weighted by Gasteiger charge is 2.43. The number of hydrogen-bond donors (Lipinski definition) is 1. The van der Waals surface area contributed by atoms with Crippen LogP contribution in [-0.4, -0.2) is 37.0 Å². The van der Waals surface area contributed by atoms with Gasteiger partial charge in [-0.3, -0.25) is 4.79 Å². The monoisotopic (exact) mass is 292 g/mol. The number of carbonyl (C=O) groups is 1. The van der Waals surface area contributed by atoms with Crippen LogP contribution in [0.4, 0.5) is 0 Å². The normalized spacial score (nSPS) is 32.5. The number of nitrogens with zero attached hydrogens (tertiary/aromatic N) is 1. The maximum Gasteiger partial charge on any atom is 0.228 e. The van der Waals surface area contributed by atoms with E-state index in [-0.39, 0.29) is 5.41 Å². The summed E-state index contributed by atoms with van der Waals surface area (Å²) < 4.78 is 0. The van der Waals surface area contributed by atoms with Crippen molar-refractivity contribution < 1.29 is 4.79 Å². The topological polar surface area (TPSA) is 32.3 Å². The van der Waals surface area contributed by atoms with Crippen molar-refractivity contribution in [2.75, 3.05) is 26.2 Å². The number of carbonyl (C=O) groups excluding carboxylic acids is 1. The zero-order valence-electron chi connectivity index (χ0n) is 13.7. The lowest BCUT2D eigenvalue weighted by molar-refractivity contribution is -0.147. The average molecular weight is 292 g/mol. The number of amides is 1. The van der Waals surface area contributed by atoms with Crippen LogP contribution in [0.15, 0.2) is 0 Å². The molecular formula is C18H32N2O. The van der Waals surface area contributed by atoms with Gasteiger partial charge in [0.25, 0.3) is 0 Å². The number of rotatable bonds is 3. The second kappa shape index (κ2) is 6.68. The minimum Gasteiger partial charge on any atom is -0.342 e. The van der Waals surface area contributed by atoms with Crippen molar-refractivity contribution in [2.24, 2.45) is 17.3 Å². The van der Waals surface area contributed by atoms with Crippen molar-refractivity contribution in [3.05, 3.63) is 0 Å². The fourth-order valence-electron chi connectivity index (χ4n) is 5.08. The fourth-order valence-corrected chi connectivity index (χ4v) is 5.08. The summed E-state index contributed by atoms with van der Waals surface area (Å²) in [6.45, 7) is 6.35. The molecule has 0 aromatic heterocycles. The molecule has 3 aliphatic rings. The van der Waals surface area contributed by atoms with Gasteiger partial charge in [0, 0.05) is 13.1 Å². The zero-order chi connectivity index (χ0) is 14.7. The van der Waals surface area contributed by atoms with Crippen molar-refractivity contribution in [2.45, 2.75) is 64.7 Å². The molecule has 0 spiro atoms. The van der Waals surface area contributed by atoms with E-state index in [0.29, 0.717) is 5.91 Å². The predicted octanol–water partition coefficient (Wildman–Crippen LogP) is 3.20. The van der Waals surface area contributed by atoms with Gasteiger partial charge < -0.3 is 10.2 Å². The fraction of sp³-hybridized carbons (Fsp3) is 0.944. The Hall–Kier alpha value is -0.570. The smallest absolute Gasteiger partial charge is 0.228 e. The number of fused-ring (bicyclic) bond motifs is 1. The van der Waals surface area contributed by atoms with Gasteiger partial charge in [-0.2, -0.15) is 0 Å². The highest BCUT2D eigenvalue weighted by Crippen LogP contribution is 2.40. The molecule has 1 amide bonds. The molecule has 2 atom stereocenters. The molecule has 2 heterocycles. The molecule has 2 aliphatic heterocycles. The van der Waals surface area contributed by atoms with Crippen molar-refractivity contribution in [1.29, 1.82) is 0 Å². The molecule has 3 heteroatoms. The molecule has 0 bridgehead atoms. The summed E-state index contributed by atoms with van der Waals surface area (Å²) in [5.41, 5.74) is -0.0402. The minimum atomic E-state index is -0.0402. The van der Waals surface area contributed by atoms with E-state index in [1.54, 1.807) is 0 Å². The third kappa shape index (κ3) is 3.13. The van der Waals surface area contributed by atoms with Crippen LogP contribution in [-0.2, 0) is 4.79 Å². The van der Waals surface area contributed by atoms with Gasteiger partial charge in [-0.25, -0.2) is 0 Å². The second-order valence-electron chi connectivity index (χ2n) is 7.62. The minimum absolute atomic E-state index is 0.0402. The van der Waals surface area contributed by atoms with Gasteiger partial charge in [-0.15, -0.1) is 0 Å². The predicted molar refractivity (Wildman–Crippen MR) is 86.1 cm³/mol. The Morgan fingerprint density at radius 2 is 1.86 bits per heavy atom. The molecule has 0 aromatic rings. The second-order valence-corrected chi connectivity index (χ2v) is 7.62. The third-order valence-electron chi connectivity index (χ3n) is 6.32. The molecule has 1 aliphatic carbocycles. The summed E-state index contributed by atoms with van der Waals surface area (Å²) in [7, 11) is 0. The van der Waals surface area contributed by atoms with Crippen LogP contribution in [0.2, 0.25) is 0 Å². The van der Waals surface area contributed by atoms with Crippen LogP contribution in [0, 0.1) is 17.3 Å². The van der Waals surface area contributed by atoms with E-state index in [2.05, 4.69) is 17.1 Å². The van der Waals surface area contributed by atoms with Crippen molar-refractivity contribution in [3.8, 4) is 0 Å². The Morgan fingerprint density at radius 3 is 2.57 bits per heavy atom. The molecule has 2 unspecified atom stereocenters. The van der Waals surface area contributed by atoms with Crippen LogP contribution in [0.25, 0.3) is 0 Å². The molecule has 1 saturated carbocycles. The highest BCUT2D eigenvalue weighted by atomic mass is 16.2. The molecule has 0 aromatic carbocycles. The summed E-state index contributed by atoms with van der Waals surface area (Å²) in [6, 6.07) is 0. The summed E-state index contributed by atoms with van der Waals surface area (Å²) in [5, 5.41) is 3.43. The van der Waals surface area contributed by atoms with E-state index in [0.717, 1.165) is 63.7 Å². The van der Waals surface area contributed by atoms with Gasteiger partial charge in [-0.1, -0.05) is 32.6 Å². The number of piperidine rings is 2. The Balaban J connectivity index is 1.68. The Morgan fingerprint density at radius 1 is 1.14 bits per heavy atom. The lowest BCUT2D eigenvalue weighted by Gasteiger charge is -2.46. The number of hydrogen-bond acceptors (Lipinski definition) is 2. The van der Waals surface area contributed by atoms with E-state index in [1.807, 2.05) is 0 Å². The first-order valence-corrected chi connectivity index (χ1v) is 9.25. The lowest BCUT2D eigenvalue weighted by atomic mass is 9.71. The van der Waals surface area contributed by atoms with Crippen molar-refractivity contribution in [1.82, 2.24) is 10.2 Å². The van der Waals surface area contributed by atoms with E-state index in [1.165, 1.54) is 32.1 Å². The van der Waals surface area contributed by atoms with Gasteiger partial charge in [0.05, 0.1) is 5.41 Å². The van der Waals surface area contributed by atoms with E-state index in [4.69, 9.17) is 0 Å². The molecular weight excluding hydrogens is 260 g/mol. The third-order valence-corrected chi connectivity index (χ3v) is 6.32. The van der Waals surface area contributed by atoms with Gasteiger partial charge in [0.2, 0.25) is 5.91 Å². The van der Waals surface area contributed by atoms with Crippen LogP contribution >= 0.6 is 0 Å². The molecule has 21 heavy (non-hydrogen) atoms. The first-order chi connectivity index (χ1) is 10.2. The van der Waals surface area contributed by atoms with Gasteiger partial charge >= 0.3 is 0 Å². The summed E-state index contributed by atoms with van der Waals surface area (Å²) >= 11 is 0. The molecule has 3 fully saturated rings. The van der Waals surface area contributed by atoms with Crippen LogP contribution in [0.5, 0.6) is 0 Å². The lowest BCUT2D eigenvalue weighted by Crippen LogP contribution is -2.53. The van der Waals surface area contributed by atoms with Gasteiger partial charge in [0.1, 0.15) is 0 Å². The first kappa shape index (κ1) is 15.3. The standard InChI is InChI=1S/C18H32N2O/c1-2-8-18(9-11-19-12-10-18)17(21)20-13-7-15-5-3-4-6-16(15)14-20/h15-16,19H,2-14H2,1H3. The first-order valence-electron chi connectivity index (χ1n) is 9.25. The van der Waals surface area contributed by atoms with Crippen LogP contribution in [0.3, 0.4) is 0 Å². The van der Waals surface area contributed by atoms with Crippen molar-refractivity contribution >= 4 is 5.91 Å². The summed E-state index contributed by atoms with van der Waals surface area (Å²) in [6.07, 6.45) is 11.1. The maximum absolute atomic E-state index is 13.2. The summed E-state index contributed by atoms with van der Waals surface area (Å²) in [5.74, 6) is 2.21.